The van der Waals surface area contributed by atoms with Crippen LogP contribution < -0.4 is 0 Å². The van der Waals surface area contributed by atoms with Gasteiger partial charge in [-0.15, -0.1) is 0 Å². The molecule has 0 bridgehead atoms. The SMILES string of the molecule is O=C1[C]2CCCN2C(=S)N1Cc1ccccc1. The van der Waals surface area contributed by atoms with Crippen LogP contribution in [-0.2, 0) is 11.3 Å². The minimum Gasteiger partial charge on any atom is -0.331 e. The molecule has 1 amide bonds. The van der Waals surface area contributed by atoms with Crippen LogP contribution in [0.4, 0.5) is 0 Å². The molecule has 0 aliphatic carbocycles. The fraction of sp³-hybridized carbons (Fsp3) is 0.308. The first-order chi connectivity index (χ1) is 8.27. The molecule has 0 unspecified atom stereocenters. The third kappa shape index (κ3) is 1.72. The molecule has 2 fully saturated rings. The lowest BCUT2D eigenvalue weighted by Gasteiger charge is -2.18. The molecule has 1 aromatic rings. The quantitative estimate of drug-likeness (QED) is 0.744. The lowest BCUT2D eigenvalue weighted by Crippen LogP contribution is -2.32. The van der Waals surface area contributed by atoms with E-state index in [1.807, 2.05) is 35.2 Å². The van der Waals surface area contributed by atoms with Crippen molar-refractivity contribution >= 4 is 23.2 Å². The summed E-state index contributed by atoms with van der Waals surface area (Å²) in [5.74, 6) is 0.0938. The Hall–Kier alpha value is -1.42. The number of hydrogen-bond donors (Lipinski definition) is 0. The van der Waals surface area contributed by atoms with Gasteiger partial charge in [0, 0.05) is 6.54 Å². The summed E-state index contributed by atoms with van der Waals surface area (Å²) in [4.78, 5) is 15.9. The zero-order valence-electron chi connectivity index (χ0n) is 9.43. The van der Waals surface area contributed by atoms with Crippen molar-refractivity contribution in [2.24, 2.45) is 0 Å². The van der Waals surface area contributed by atoms with E-state index >= 15 is 0 Å². The Kier molecular flexibility index (Phi) is 2.59. The summed E-state index contributed by atoms with van der Waals surface area (Å²) >= 11 is 5.36. The van der Waals surface area contributed by atoms with Gasteiger partial charge in [0.05, 0.1) is 6.54 Å². The summed E-state index contributed by atoms with van der Waals surface area (Å²) in [5.41, 5.74) is 1.12. The normalized spacial score (nSPS) is 20.2. The minimum atomic E-state index is 0.0938. The number of carbonyl (C=O) groups is 1. The van der Waals surface area contributed by atoms with Gasteiger partial charge in [0.25, 0.3) is 5.91 Å². The molecule has 2 saturated heterocycles. The lowest BCUT2D eigenvalue weighted by molar-refractivity contribution is -0.125. The Morgan fingerprint density at radius 2 is 2.00 bits per heavy atom. The van der Waals surface area contributed by atoms with E-state index in [1.165, 1.54) is 0 Å². The number of thiocarbonyl (C=S) groups is 1. The van der Waals surface area contributed by atoms with Crippen molar-refractivity contribution in [1.29, 1.82) is 0 Å². The van der Waals surface area contributed by atoms with Gasteiger partial charge in [0.2, 0.25) is 0 Å². The zero-order valence-corrected chi connectivity index (χ0v) is 10.2. The predicted molar refractivity (Wildman–Crippen MR) is 68.8 cm³/mol. The van der Waals surface area contributed by atoms with E-state index < -0.39 is 0 Å². The molecule has 1 aromatic carbocycles. The Balaban J connectivity index is 1.81. The van der Waals surface area contributed by atoms with Gasteiger partial charge in [-0.2, -0.15) is 0 Å². The first-order valence-electron chi connectivity index (χ1n) is 5.80. The molecule has 4 heteroatoms. The number of amides is 1. The molecule has 3 rings (SSSR count). The summed E-state index contributed by atoms with van der Waals surface area (Å²) in [6.45, 7) is 1.48. The number of hydrogen-bond acceptors (Lipinski definition) is 2. The van der Waals surface area contributed by atoms with Crippen LogP contribution >= 0.6 is 12.2 Å². The average Bonchev–Trinajstić information content (AvgIpc) is 2.91. The largest absolute Gasteiger partial charge is 0.331 e. The lowest BCUT2D eigenvalue weighted by atomic mass is 10.2. The number of nitrogens with zero attached hydrogens (tertiary/aromatic N) is 2. The highest BCUT2D eigenvalue weighted by molar-refractivity contribution is 7.80. The van der Waals surface area contributed by atoms with Gasteiger partial charge >= 0.3 is 0 Å². The molecular formula is C13H13N2OS. The van der Waals surface area contributed by atoms with E-state index in [-0.39, 0.29) is 5.91 Å². The summed E-state index contributed by atoms with van der Waals surface area (Å²) < 4.78 is 0. The first kappa shape index (κ1) is 10.7. The van der Waals surface area contributed by atoms with Crippen molar-refractivity contribution in [2.75, 3.05) is 6.54 Å². The van der Waals surface area contributed by atoms with Crippen LogP contribution in [0.3, 0.4) is 0 Å². The van der Waals surface area contributed by atoms with E-state index in [1.54, 1.807) is 4.90 Å². The third-order valence-electron chi connectivity index (χ3n) is 3.26. The van der Waals surface area contributed by atoms with Crippen molar-refractivity contribution < 1.29 is 4.79 Å². The molecule has 0 aromatic heterocycles. The molecule has 2 aliphatic heterocycles. The second-order valence-electron chi connectivity index (χ2n) is 4.36. The summed E-state index contributed by atoms with van der Waals surface area (Å²) in [5, 5.41) is 0.673. The molecule has 0 saturated carbocycles. The number of carbonyl (C=O) groups excluding carboxylic acids is 1. The van der Waals surface area contributed by atoms with Crippen LogP contribution in [0.25, 0.3) is 0 Å². The maximum absolute atomic E-state index is 12.2. The monoisotopic (exact) mass is 245 g/mol. The maximum atomic E-state index is 12.2. The molecule has 2 aliphatic rings. The highest BCUT2D eigenvalue weighted by Crippen LogP contribution is 2.34. The molecule has 2 heterocycles. The van der Waals surface area contributed by atoms with E-state index in [4.69, 9.17) is 12.2 Å². The zero-order chi connectivity index (χ0) is 11.8. The number of rotatable bonds is 2. The fourth-order valence-electron chi connectivity index (χ4n) is 2.40. The Morgan fingerprint density at radius 1 is 1.24 bits per heavy atom. The summed E-state index contributed by atoms with van der Waals surface area (Å²) in [6, 6.07) is 10.8. The molecular weight excluding hydrogens is 232 g/mol. The summed E-state index contributed by atoms with van der Waals surface area (Å²) in [6.07, 6.45) is 1.91. The highest BCUT2D eigenvalue weighted by atomic mass is 32.1. The first-order valence-corrected chi connectivity index (χ1v) is 6.21. The maximum Gasteiger partial charge on any atom is 0.258 e. The van der Waals surface area contributed by atoms with Gasteiger partial charge in [-0.25, -0.2) is 0 Å². The van der Waals surface area contributed by atoms with Crippen LogP contribution in [0.2, 0.25) is 0 Å². The molecule has 0 spiro atoms. The van der Waals surface area contributed by atoms with Crippen LogP contribution in [-0.4, -0.2) is 27.4 Å². The molecule has 3 nitrogen and oxygen atoms in total. The van der Waals surface area contributed by atoms with Gasteiger partial charge in [0.1, 0.15) is 0 Å². The van der Waals surface area contributed by atoms with Crippen LogP contribution in [0.1, 0.15) is 18.4 Å². The third-order valence-corrected chi connectivity index (χ3v) is 3.70. The van der Waals surface area contributed by atoms with Crippen molar-refractivity contribution in [3.63, 3.8) is 0 Å². The fourth-order valence-corrected chi connectivity index (χ4v) is 2.75. The van der Waals surface area contributed by atoms with Crippen LogP contribution in [0.15, 0.2) is 30.3 Å². The van der Waals surface area contributed by atoms with E-state index in [2.05, 4.69) is 0 Å². The number of fused-ring (bicyclic) bond motifs is 1. The van der Waals surface area contributed by atoms with Crippen molar-refractivity contribution in [1.82, 2.24) is 9.80 Å². The topological polar surface area (TPSA) is 23.6 Å². The summed E-state index contributed by atoms with van der Waals surface area (Å²) in [7, 11) is 0. The van der Waals surface area contributed by atoms with Gasteiger partial charge in [-0.1, -0.05) is 30.3 Å². The van der Waals surface area contributed by atoms with Crippen molar-refractivity contribution in [3.8, 4) is 0 Å². The average molecular weight is 245 g/mol. The smallest absolute Gasteiger partial charge is 0.258 e. The highest BCUT2D eigenvalue weighted by Gasteiger charge is 2.45. The van der Waals surface area contributed by atoms with Crippen LogP contribution in [0.5, 0.6) is 0 Å². The Morgan fingerprint density at radius 3 is 2.71 bits per heavy atom. The Bertz CT molecular complexity index is 438. The van der Waals surface area contributed by atoms with E-state index in [0.29, 0.717) is 11.7 Å². The van der Waals surface area contributed by atoms with Gasteiger partial charge < -0.3 is 4.90 Å². The van der Waals surface area contributed by atoms with Crippen LogP contribution in [0, 0.1) is 6.04 Å². The standard InChI is InChI=1S/C13H13N2OS/c16-12-11-7-4-8-14(11)13(17)15(12)9-10-5-2-1-3-6-10/h1-3,5-6H,4,7-9H2. The number of benzene rings is 1. The van der Waals surface area contributed by atoms with Gasteiger partial charge in [-0.3, -0.25) is 9.69 Å². The predicted octanol–water partition coefficient (Wildman–Crippen LogP) is 1.94. The van der Waals surface area contributed by atoms with Crippen molar-refractivity contribution in [2.45, 2.75) is 19.4 Å². The van der Waals surface area contributed by atoms with E-state index in [9.17, 15) is 4.79 Å². The molecule has 0 N–H and O–H groups in total. The second-order valence-corrected chi connectivity index (χ2v) is 4.73. The Labute approximate surface area is 106 Å². The van der Waals surface area contributed by atoms with Gasteiger partial charge in [0.15, 0.2) is 11.2 Å². The molecule has 1 radical (unpaired) electrons. The van der Waals surface area contributed by atoms with Gasteiger partial charge in [-0.05, 0) is 30.6 Å². The second kappa shape index (κ2) is 4.11. The van der Waals surface area contributed by atoms with Crippen molar-refractivity contribution in [3.05, 3.63) is 41.9 Å². The van der Waals surface area contributed by atoms with E-state index in [0.717, 1.165) is 31.0 Å². The minimum absolute atomic E-state index is 0.0938. The molecule has 0 atom stereocenters. The molecule has 17 heavy (non-hydrogen) atoms. The molecule has 87 valence electrons.